The molecule has 3 heteroatoms. The molecule has 0 amide bonds. The number of halogens is 1. The van der Waals surface area contributed by atoms with Gasteiger partial charge >= 0.3 is 0 Å². The van der Waals surface area contributed by atoms with Gasteiger partial charge in [-0.15, -0.1) is 6.58 Å². The molecular formula is C7H8FNS. The van der Waals surface area contributed by atoms with Crippen molar-refractivity contribution in [2.24, 2.45) is 0 Å². The number of hydrogen-bond acceptors (Lipinski definition) is 2. The van der Waals surface area contributed by atoms with Gasteiger partial charge in [0.1, 0.15) is 0 Å². The van der Waals surface area contributed by atoms with Gasteiger partial charge in [0, 0.05) is 17.0 Å². The summed E-state index contributed by atoms with van der Waals surface area (Å²) < 4.78 is 12.3. The molecule has 0 fully saturated rings. The molecule has 1 atom stereocenters. The maximum atomic E-state index is 12.3. The summed E-state index contributed by atoms with van der Waals surface area (Å²) in [6.45, 7) is 5.56. The van der Waals surface area contributed by atoms with Gasteiger partial charge in [-0.2, -0.15) is 4.39 Å². The molecule has 1 aromatic heterocycles. The molecule has 0 spiro atoms. The zero-order valence-corrected chi connectivity index (χ0v) is 6.49. The molecule has 0 aliphatic carbocycles. The fraction of sp³-hybridized carbons (Fsp3) is 0.286. The minimum atomic E-state index is -0.372. The van der Waals surface area contributed by atoms with Crippen molar-refractivity contribution in [3.8, 4) is 0 Å². The molecule has 0 radical (unpaired) electrons. The normalized spacial score (nSPS) is 13.0. The Kier molecular flexibility index (Phi) is 2.17. The van der Waals surface area contributed by atoms with Gasteiger partial charge in [-0.05, 0) is 0 Å². The quantitative estimate of drug-likeness (QED) is 0.601. The summed E-state index contributed by atoms with van der Waals surface area (Å²) in [4.78, 5) is 4.41. The van der Waals surface area contributed by atoms with Gasteiger partial charge in [0.25, 0.3) is 5.26 Å². The van der Waals surface area contributed by atoms with Gasteiger partial charge in [0.15, 0.2) is 0 Å². The lowest BCUT2D eigenvalue weighted by atomic mass is 10.2. The standard InChI is InChI=1S/C7H8FNS/c1-3-5(2)6-4-9-7(8)10-6/h3-5H,1H2,2H3. The van der Waals surface area contributed by atoms with Crippen LogP contribution in [0, 0.1) is 5.26 Å². The molecule has 1 nitrogen and oxygen atoms in total. The number of allylic oxidation sites excluding steroid dienone is 1. The Bertz CT molecular complexity index is 231. The maximum absolute atomic E-state index is 12.3. The monoisotopic (exact) mass is 157 g/mol. The van der Waals surface area contributed by atoms with E-state index in [0.29, 0.717) is 0 Å². The largest absolute Gasteiger partial charge is 0.269 e. The second-order valence-corrected chi connectivity index (χ2v) is 3.05. The Morgan fingerprint density at radius 3 is 3.00 bits per heavy atom. The fourth-order valence-electron chi connectivity index (χ4n) is 0.591. The summed E-state index contributed by atoms with van der Waals surface area (Å²) >= 11 is 1.07. The van der Waals surface area contributed by atoms with E-state index in [4.69, 9.17) is 0 Å². The Morgan fingerprint density at radius 2 is 2.60 bits per heavy atom. The topological polar surface area (TPSA) is 12.9 Å². The van der Waals surface area contributed by atoms with Crippen molar-refractivity contribution in [3.05, 3.63) is 29.0 Å². The molecule has 1 heterocycles. The van der Waals surface area contributed by atoms with Crippen molar-refractivity contribution in [3.63, 3.8) is 0 Å². The predicted octanol–water partition coefficient (Wildman–Crippen LogP) is 2.57. The molecule has 0 aromatic carbocycles. The van der Waals surface area contributed by atoms with Crippen LogP contribution in [-0.4, -0.2) is 4.98 Å². The SMILES string of the molecule is C=CC(C)c1cnc(F)s1. The van der Waals surface area contributed by atoms with Gasteiger partial charge in [-0.1, -0.05) is 24.3 Å². The van der Waals surface area contributed by atoms with Crippen LogP contribution in [0.5, 0.6) is 0 Å². The summed E-state index contributed by atoms with van der Waals surface area (Å²) in [6.07, 6.45) is 3.32. The lowest BCUT2D eigenvalue weighted by molar-refractivity contribution is 0.617. The first-order valence-corrected chi connectivity index (χ1v) is 3.79. The number of aromatic nitrogens is 1. The van der Waals surface area contributed by atoms with E-state index in [9.17, 15) is 4.39 Å². The third-order valence-corrected chi connectivity index (χ3v) is 2.28. The van der Waals surface area contributed by atoms with Crippen molar-refractivity contribution in [1.29, 1.82) is 0 Å². The smallest absolute Gasteiger partial charge is 0.218 e. The van der Waals surface area contributed by atoms with E-state index in [2.05, 4.69) is 11.6 Å². The first-order chi connectivity index (χ1) is 4.74. The van der Waals surface area contributed by atoms with Crippen molar-refractivity contribution in [2.75, 3.05) is 0 Å². The Hall–Kier alpha value is -0.700. The molecule has 0 saturated carbocycles. The predicted molar refractivity (Wildman–Crippen MR) is 40.7 cm³/mol. The molecule has 10 heavy (non-hydrogen) atoms. The highest BCUT2D eigenvalue weighted by molar-refractivity contribution is 7.10. The molecule has 1 unspecified atom stereocenters. The number of hydrogen-bond donors (Lipinski definition) is 0. The zero-order valence-electron chi connectivity index (χ0n) is 5.67. The van der Waals surface area contributed by atoms with Crippen LogP contribution in [0.2, 0.25) is 0 Å². The lowest BCUT2D eigenvalue weighted by Crippen LogP contribution is -1.80. The summed E-state index contributed by atoms with van der Waals surface area (Å²) in [5.74, 6) is 0.210. The minimum Gasteiger partial charge on any atom is -0.218 e. The van der Waals surface area contributed by atoms with Gasteiger partial charge in [0.2, 0.25) is 0 Å². The van der Waals surface area contributed by atoms with E-state index in [1.54, 1.807) is 12.3 Å². The van der Waals surface area contributed by atoms with E-state index in [0.717, 1.165) is 16.2 Å². The number of thiazole rings is 1. The maximum Gasteiger partial charge on any atom is 0.269 e. The van der Waals surface area contributed by atoms with Crippen LogP contribution >= 0.6 is 11.3 Å². The average molecular weight is 157 g/mol. The Balaban J connectivity index is 2.84. The van der Waals surface area contributed by atoms with Crippen LogP contribution < -0.4 is 0 Å². The van der Waals surface area contributed by atoms with Crippen LogP contribution in [0.1, 0.15) is 17.7 Å². The minimum absolute atomic E-state index is 0.210. The molecule has 1 aromatic rings. The van der Waals surface area contributed by atoms with Gasteiger partial charge in [0.05, 0.1) is 0 Å². The first kappa shape index (κ1) is 7.41. The third kappa shape index (κ3) is 1.42. The highest BCUT2D eigenvalue weighted by atomic mass is 32.1. The molecule has 0 bridgehead atoms. The van der Waals surface area contributed by atoms with Gasteiger partial charge < -0.3 is 0 Å². The fourth-order valence-corrected chi connectivity index (χ4v) is 1.28. The van der Waals surface area contributed by atoms with E-state index in [-0.39, 0.29) is 11.2 Å². The van der Waals surface area contributed by atoms with Crippen LogP contribution in [0.15, 0.2) is 18.9 Å². The van der Waals surface area contributed by atoms with Crippen molar-refractivity contribution in [2.45, 2.75) is 12.8 Å². The molecular weight excluding hydrogens is 149 g/mol. The van der Waals surface area contributed by atoms with Crippen molar-refractivity contribution >= 4 is 11.3 Å². The van der Waals surface area contributed by atoms with Crippen LogP contribution in [0.25, 0.3) is 0 Å². The summed E-state index contributed by atoms with van der Waals surface area (Å²) in [5.41, 5.74) is 0. The second-order valence-electron chi connectivity index (χ2n) is 2.04. The Labute approximate surface area is 63.2 Å². The van der Waals surface area contributed by atoms with E-state index < -0.39 is 0 Å². The highest BCUT2D eigenvalue weighted by Gasteiger charge is 2.04. The zero-order chi connectivity index (χ0) is 7.56. The second kappa shape index (κ2) is 2.92. The molecule has 0 aliphatic rings. The van der Waals surface area contributed by atoms with Gasteiger partial charge in [-0.25, -0.2) is 4.98 Å². The van der Waals surface area contributed by atoms with E-state index in [1.807, 2.05) is 6.92 Å². The third-order valence-electron chi connectivity index (χ3n) is 1.30. The van der Waals surface area contributed by atoms with Crippen LogP contribution in [0.4, 0.5) is 4.39 Å². The van der Waals surface area contributed by atoms with Crippen LogP contribution in [0.3, 0.4) is 0 Å². The number of nitrogens with zero attached hydrogens (tertiary/aromatic N) is 1. The summed E-state index contributed by atoms with van der Waals surface area (Å²) in [6, 6.07) is 0. The molecule has 0 saturated heterocycles. The molecule has 1 rings (SSSR count). The highest BCUT2D eigenvalue weighted by Crippen LogP contribution is 2.21. The summed E-state index contributed by atoms with van der Waals surface area (Å²) in [5, 5.41) is -0.372. The molecule has 0 aliphatic heterocycles. The van der Waals surface area contributed by atoms with Crippen molar-refractivity contribution < 1.29 is 4.39 Å². The number of rotatable bonds is 2. The lowest BCUT2D eigenvalue weighted by Gasteiger charge is -1.96. The Morgan fingerprint density at radius 1 is 1.90 bits per heavy atom. The molecule has 54 valence electrons. The van der Waals surface area contributed by atoms with E-state index >= 15 is 0 Å². The van der Waals surface area contributed by atoms with Crippen LogP contribution in [-0.2, 0) is 0 Å². The first-order valence-electron chi connectivity index (χ1n) is 2.98. The van der Waals surface area contributed by atoms with Crippen molar-refractivity contribution in [1.82, 2.24) is 4.98 Å². The van der Waals surface area contributed by atoms with E-state index in [1.165, 1.54) is 0 Å². The van der Waals surface area contributed by atoms with Gasteiger partial charge in [-0.3, -0.25) is 0 Å². The molecule has 0 N–H and O–H groups in total. The average Bonchev–Trinajstić information content (AvgIpc) is 2.34. The summed E-state index contributed by atoms with van der Waals surface area (Å²) in [7, 11) is 0.